The smallest absolute Gasteiger partial charge is 0.162 e. The minimum atomic E-state index is -1.56. The Morgan fingerprint density at radius 2 is 2.00 bits per heavy atom. The number of aldehydes is 1. The Morgan fingerprint density at radius 3 is 2.47 bits per heavy atom. The molecule has 0 aromatic rings. The average Bonchev–Trinajstić information content (AvgIpc) is 2.68. The van der Waals surface area contributed by atoms with E-state index in [0.717, 1.165) is 12.7 Å². The first-order valence-corrected chi connectivity index (χ1v) is 7.02. The summed E-state index contributed by atoms with van der Waals surface area (Å²) >= 11 is 0. The summed E-state index contributed by atoms with van der Waals surface area (Å²) in [5.41, 5.74) is -1.89. The minimum absolute atomic E-state index is 0.205. The Kier molecular flexibility index (Phi) is 3.05. The van der Waals surface area contributed by atoms with E-state index in [4.69, 9.17) is 0 Å². The molecule has 106 valence electrons. The highest BCUT2D eigenvalue weighted by Gasteiger charge is 2.65. The third-order valence-corrected chi connectivity index (χ3v) is 6.01. The van der Waals surface area contributed by atoms with E-state index in [1.165, 1.54) is 12.5 Å². The summed E-state index contributed by atoms with van der Waals surface area (Å²) in [5, 5.41) is 11.0. The maximum atomic E-state index is 12.0. The number of Topliss-reactive ketones (excluding diaryl/α,β-unsaturated/α-hetero) is 1. The van der Waals surface area contributed by atoms with Gasteiger partial charge in [-0.25, -0.2) is 0 Å². The molecule has 0 aromatic carbocycles. The second kappa shape index (κ2) is 4.02. The average molecular weight is 264 g/mol. The van der Waals surface area contributed by atoms with Gasteiger partial charge in [0.25, 0.3) is 0 Å². The van der Waals surface area contributed by atoms with Crippen molar-refractivity contribution in [3.05, 3.63) is 11.6 Å². The largest absolute Gasteiger partial charge is 0.381 e. The van der Waals surface area contributed by atoms with Gasteiger partial charge < -0.3 is 9.90 Å². The van der Waals surface area contributed by atoms with Crippen molar-refractivity contribution in [3.63, 3.8) is 0 Å². The summed E-state index contributed by atoms with van der Waals surface area (Å²) in [4.78, 5) is 23.8. The van der Waals surface area contributed by atoms with Crippen molar-refractivity contribution in [2.24, 2.45) is 22.7 Å². The summed E-state index contributed by atoms with van der Waals surface area (Å²) in [6.45, 7) is 9.22. The summed E-state index contributed by atoms with van der Waals surface area (Å²) in [6.07, 6.45) is 4.33. The number of aliphatic hydroxyl groups is 1. The second-order valence-electron chi connectivity index (χ2n) is 7.04. The summed E-state index contributed by atoms with van der Waals surface area (Å²) < 4.78 is 0. The van der Waals surface area contributed by atoms with Crippen LogP contribution in [0, 0.1) is 22.7 Å². The lowest BCUT2D eigenvalue weighted by Crippen LogP contribution is -2.64. The lowest BCUT2D eigenvalue weighted by Gasteiger charge is -2.57. The number of hydrogen-bond donors (Lipinski definition) is 1. The molecule has 4 atom stereocenters. The minimum Gasteiger partial charge on any atom is -0.381 e. The first-order valence-electron chi connectivity index (χ1n) is 7.02. The van der Waals surface area contributed by atoms with Crippen LogP contribution in [0.15, 0.2) is 11.6 Å². The van der Waals surface area contributed by atoms with Gasteiger partial charge >= 0.3 is 0 Å². The van der Waals surface area contributed by atoms with Gasteiger partial charge in [-0.05, 0) is 38.5 Å². The van der Waals surface area contributed by atoms with Gasteiger partial charge in [-0.2, -0.15) is 0 Å². The molecule has 0 radical (unpaired) electrons. The van der Waals surface area contributed by atoms with Gasteiger partial charge in [0.1, 0.15) is 11.9 Å². The van der Waals surface area contributed by atoms with E-state index in [2.05, 4.69) is 13.0 Å². The number of carbonyl (C=O) groups is 2. The van der Waals surface area contributed by atoms with E-state index in [-0.39, 0.29) is 11.7 Å². The number of rotatable bonds is 2. The van der Waals surface area contributed by atoms with E-state index in [0.29, 0.717) is 12.3 Å². The maximum Gasteiger partial charge on any atom is 0.162 e. The van der Waals surface area contributed by atoms with Crippen molar-refractivity contribution in [2.45, 2.75) is 53.1 Å². The van der Waals surface area contributed by atoms with Crippen molar-refractivity contribution >= 4 is 12.1 Å². The molecular weight excluding hydrogens is 240 g/mol. The van der Waals surface area contributed by atoms with Crippen LogP contribution in [0.25, 0.3) is 0 Å². The van der Waals surface area contributed by atoms with Gasteiger partial charge in [0.05, 0.1) is 5.41 Å². The van der Waals surface area contributed by atoms with Crippen LogP contribution in [-0.2, 0) is 9.59 Å². The number of ketones is 1. The van der Waals surface area contributed by atoms with Crippen molar-refractivity contribution in [3.8, 4) is 0 Å². The zero-order chi connectivity index (χ0) is 14.6. The molecule has 3 nitrogen and oxygen atoms in total. The van der Waals surface area contributed by atoms with Crippen LogP contribution in [0.2, 0.25) is 0 Å². The van der Waals surface area contributed by atoms with Crippen LogP contribution in [0.3, 0.4) is 0 Å². The Morgan fingerprint density at radius 1 is 1.42 bits per heavy atom. The predicted molar refractivity (Wildman–Crippen MR) is 73.6 cm³/mol. The zero-order valence-corrected chi connectivity index (χ0v) is 12.5. The van der Waals surface area contributed by atoms with Crippen molar-refractivity contribution in [1.29, 1.82) is 0 Å². The molecule has 2 rings (SSSR count). The van der Waals surface area contributed by atoms with Crippen LogP contribution in [0.4, 0.5) is 0 Å². The summed E-state index contributed by atoms with van der Waals surface area (Å²) in [7, 11) is 0. The zero-order valence-electron chi connectivity index (χ0n) is 12.5. The van der Waals surface area contributed by atoms with E-state index >= 15 is 0 Å². The summed E-state index contributed by atoms with van der Waals surface area (Å²) in [5.74, 6) is 0.335. The number of fused-ring (bicyclic) bond motifs is 1. The van der Waals surface area contributed by atoms with Gasteiger partial charge in [0.15, 0.2) is 5.78 Å². The fourth-order valence-electron chi connectivity index (χ4n) is 4.07. The van der Waals surface area contributed by atoms with Gasteiger partial charge in [0, 0.05) is 5.41 Å². The van der Waals surface area contributed by atoms with Crippen molar-refractivity contribution in [1.82, 2.24) is 0 Å². The molecular formula is C16H24O3. The quantitative estimate of drug-likeness (QED) is 0.616. The molecule has 1 fully saturated rings. The normalized spacial score (nSPS) is 44.4. The topological polar surface area (TPSA) is 54.4 Å². The Labute approximate surface area is 115 Å². The van der Waals surface area contributed by atoms with E-state index < -0.39 is 16.4 Å². The first kappa shape index (κ1) is 14.4. The molecule has 4 unspecified atom stereocenters. The van der Waals surface area contributed by atoms with Gasteiger partial charge in [-0.1, -0.05) is 32.4 Å². The van der Waals surface area contributed by atoms with Gasteiger partial charge in [0.2, 0.25) is 0 Å². The van der Waals surface area contributed by atoms with Crippen LogP contribution in [0.5, 0.6) is 0 Å². The predicted octanol–water partition coefficient (Wildman–Crippen LogP) is 2.52. The number of hydrogen-bond acceptors (Lipinski definition) is 3. The van der Waals surface area contributed by atoms with Crippen LogP contribution in [-0.4, -0.2) is 22.8 Å². The molecule has 0 bridgehead atoms. The van der Waals surface area contributed by atoms with Crippen molar-refractivity contribution < 1.29 is 14.7 Å². The monoisotopic (exact) mass is 264 g/mol. The molecule has 0 heterocycles. The van der Waals surface area contributed by atoms with E-state index in [9.17, 15) is 14.7 Å². The highest BCUT2D eigenvalue weighted by atomic mass is 16.3. The molecule has 1 N–H and O–H groups in total. The Hall–Kier alpha value is -0.960. The van der Waals surface area contributed by atoms with Crippen molar-refractivity contribution in [2.75, 3.05) is 0 Å². The van der Waals surface area contributed by atoms with Gasteiger partial charge in [-0.3, -0.25) is 4.79 Å². The number of carbonyl (C=O) groups excluding carboxylic acids is 2. The Balaban J connectivity index is 2.64. The third kappa shape index (κ3) is 1.54. The van der Waals surface area contributed by atoms with Crippen LogP contribution < -0.4 is 0 Å². The van der Waals surface area contributed by atoms with E-state index in [1.54, 1.807) is 6.92 Å². The molecule has 0 aromatic heterocycles. The maximum absolute atomic E-state index is 12.0. The van der Waals surface area contributed by atoms with Gasteiger partial charge in [-0.15, -0.1) is 0 Å². The molecule has 2 aliphatic rings. The lowest BCUT2D eigenvalue weighted by molar-refractivity contribution is -0.178. The van der Waals surface area contributed by atoms with E-state index in [1.807, 2.05) is 13.8 Å². The standard InChI is InChI=1S/C16H24O3/c1-10-6-7-13-12(10)8-16(19,11(2)18)15(5,9-17)14(13,3)4/h7,9-10,12,19H,6,8H2,1-5H3. The molecule has 0 saturated heterocycles. The molecule has 0 aliphatic heterocycles. The molecule has 2 aliphatic carbocycles. The number of allylic oxidation sites excluding steroid dienone is 2. The lowest BCUT2D eigenvalue weighted by atomic mass is 9.47. The van der Waals surface area contributed by atoms with Crippen LogP contribution >= 0.6 is 0 Å². The first-order chi connectivity index (χ1) is 8.62. The fraction of sp³-hybridized carbons (Fsp3) is 0.750. The second-order valence-corrected chi connectivity index (χ2v) is 7.04. The summed E-state index contributed by atoms with van der Waals surface area (Å²) in [6, 6.07) is 0. The molecule has 3 heteroatoms. The Bertz CT molecular complexity index is 463. The van der Waals surface area contributed by atoms with Crippen LogP contribution in [0.1, 0.15) is 47.5 Å². The highest BCUT2D eigenvalue weighted by molar-refractivity contribution is 5.91. The third-order valence-electron chi connectivity index (χ3n) is 6.01. The highest BCUT2D eigenvalue weighted by Crippen LogP contribution is 2.62. The SMILES string of the molecule is CC(=O)C1(O)CC2C(=CCC2C)C(C)(C)C1(C)C=O. The molecule has 0 amide bonds. The molecule has 19 heavy (non-hydrogen) atoms. The molecule has 0 spiro atoms. The molecule has 1 saturated carbocycles. The fourth-order valence-corrected chi connectivity index (χ4v) is 4.07.